The largest absolute Gasteiger partial charge is 0.497 e. The number of carbonyl (C=O) groups excluding carboxylic acids is 1. The highest BCUT2D eigenvalue weighted by molar-refractivity contribution is 7.99. The van der Waals surface area contributed by atoms with E-state index in [1.807, 2.05) is 6.92 Å². The van der Waals surface area contributed by atoms with Gasteiger partial charge in [-0.05, 0) is 29.0 Å². The minimum atomic E-state index is -0.0518. The monoisotopic (exact) mass is 337 g/mol. The first-order valence-corrected chi connectivity index (χ1v) is 8.08. The normalized spacial score (nSPS) is 10.4. The van der Waals surface area contributed by atoms with Crippen molar-refractivity contribution in [3.05, 3.63) is 18.2 Å². The molecule has 0 radical (unpaired) electrons. The highest BCUT2D eigenvalue weighted by Crippen LogP contribution is 2.29. The minimum Gasteiger partial charge on any atom is -0.497 e. The molecule has 0 aliphatic rings. The summed E-state index contributed by atoms with van der Waals surface area (Å²) in [6, 6.07) is 5.34. The minimum absolute atomic E-state index is 0.0518. The molecule has 2 aromatic rings. The number of methoxy groups -OCH3 is 2. The highest BCUT2D eigenvalue weighted by atomic mass is 32.2. The van der Waals surface area contributed by atoms with Crippen molar-refractivity contribution in [1.82, 2.24) is 25.5 Å². The lowest BCUT2D eigenvalue weighted by Gasteiger charge is -2.11. The molecule has 1 amide bonds. The standard InChI is InChI=1S/C14H19N5O3S/c1-4-7-15-13(20)9-23-14-16-17-18-19(14)11-8-10(21-2)5-6-12(11)22-3/h5-6,8H,4,7,9H2,1-3H3,(H,15,20). The molecule has 1 N–H and O–H groups in total. The van der Waals surface area contributed by atoms with Crippen LogP contribution in [0.15, 0.2) is 23.4 Å². The van der Waals surface area contributed by atoms with E-state index in [2.05, 4.69) is 20.8 Å². The molecule has 1 aromatic heterocycles. The van der Waals surface area contributed by atoms with Crippen molar-refractivity contribution in [3.63, 3.8) is 0 Å². The Morgan fingerprint density at radius 1 is 1.35 bits per heavy atom. The molecule has 0 saturated carbocycles. The summed E-state index contributed by atoms with van der Waals surface area (Å²) < 4.78 is 12.1. The van der Waals surface area contributed by atoms with Crippen molar-refractivity contribution in [2.45, 2.75) is 18.5 Å². The third-order valence-electron chi connectivity index (χ3n) is 2.96. The van der Waals surface area contributed by atoms with Gasteiger partial charge in [0, 0.05) is 12.6 Å². The number of hydrogen-bond acceptors (Lipinski definition) is 7. The van der Waals surface area contributed by atoms with Crippen LogP contribution in [0.1, 0.15) is 13.3 Å². The Morgan fingerprint density at radius 3 is 2.87 bits per heavy atom. The lowest BCUT2D eigenvalue weighted by Crippen LogP contribution is -2.25. The molecule has 0 unspecified atom stereocenters. The molecule has 0 aliphatic carbocycles. The molecule has 0 atom stereocenters. The predicted octanol–water partition coefficient (Wildman–Crippen LogP) is 1.30. The first-order chi connectivity index (χ1) is 11.2. The Labute approximate surface area is 138 Å². The lowest BCUT2D eigenvalue weighted by molar-refractivity contribution is -0.118. The number of nitrogens with one attached hydrogen (secondary N) is 1. The number of carbonyl (C=O) groups is 1. The number of hydrogen-bond donors (Lipinski definition) is 1. The molecular formula is C14H19N5O3S. The van der Waals surface area contributed by atoms with Crippen molar-refractivity contribution in [2.24, 2.45) is 0 Å². The quantitative estimate of drug-likeness (QED) is 0.726. The van der Waals surface area contributed by atoms with E-state index >= 15 is 0 Å². The number of benzene rings is 1. The number of amides is 1. The second kappa shape index (κ2) is 8.37. The number of ether oxygens (including phenoxy) is 2. The van der Waals surface area contributed by atoms with Gasteiger partial charge in [-0.2, -0.15) is 4.68 Å². The molecular weight excluding hydrogens is 318 g/mol. The molecule has 124 valence electrons. The fraction of sp³-hybridized carbons (Fsp3) is 0.429. The topological polar surface area (TPSA) is 91.2 Å². The van der Waals surface area contributed by atoms with Gasteiger partial charge in [-0.3, -0.25) is 4.79 Å². The number of aromatic nitrogens is 4. The summed E-state index contributed by atoms with van der Waals surface area (Å²) in [5, 5.41) is 14.9. The van der Waals surface area contributed by atoms with E-state index in [1.165, 1.54) is 16.4 Å². The van der Waals surface area contributed by atoms with Crippen molar-refractivity contribution in [3.8, 4) is 17.2 Å². The van der Waals surface area contributed by atoms with Gasteiger partial charge in [-0.1, -0.05) is 18.7 Å². The van der Waals surface area contributed by atoms with E-state index < -0.39 is 0 Å². The van der Waals surface area contributed by atoms with Crippen molar-refractivity contribution < 1.29 is 14.3 Å². The SMILES string of the molecule is CCCNC(=O)CSc1nnnn1-c1cc(OC)ccc1OC. The maximum absolute atomic E-state index is 11.7. The first-order valence-electron chi connectivity index (χ1n) is 7.09. The van der Waals surface area contributed by atoms with Crippen molar-refractivity contribution in [1.29, 1.82) is 0 Å². The van der Waals surface area contributed by atoms with Crippen LogP contribution < -0.4 is 14.8 Å². The van der Waals surface area contributed by atoms with Gasteiger partial charge in [-0.15, -0.1) is 5.10 Å². The zero-order valence-electron chi connectivity index (χ0n) is 13.3. The molecule has 0 fully saturated rings. The summed E-state index contributed by atoms with van der Waals surface area (Å²) in [6.07, 6.45) is 0.898. The van der Waals surface area contributed by atoms with Gasteiger partial charge in [0.1, 0.15) is 17.2 Å². The molecule has 8 nitrogen and oxygen atoms in total. The smallest absolute Gasteiger partial charge is 0.230 e. The zero-order valence-corrected chi connectivity index (χ0v) is 14.1. The maximum atomic E-state index is 11.7. The Morgan fingerprint density at radius 2 is 2.17 bits per heavy atom. The molecule has 2 rings (SSSR count). The molecule has 9 heteroatoms. The Kier molecular flexibility index (Phi) is 6.21. The Hall–Kier alpha value is -2.29. The molecule has 0 aliphatic heterocycles. The first kappa shape index (κ1) is 17.1. The summed E-state index contributed by atoms with van der Waals surface area (Å²) >= 11 is 1.26. The van der Waals surface area contributed by atoms with Crippen molar-refractivity contribution >= 4 is 17.7 Å². The molecule has 1 aromatic carbocycles. The van der Waals surface area contributed by atoms with Gasteiger partial charge >= 0.3 is 0 Å². The zero-order chi connectivity index (χ0) is 16.7. The average molecular weight is 337 g/mol. The van der Waals surface area contributed by atoms with E-state index in [4.69, 9.17) is 9.47 Å². The van der Waals surface area contributed by atoms with Gasteiger partial charge in [0.15, 0.2) is 0 Å². The average Bonchev–Trinajstić information content (AvgIpc) is 3.05. The summed E-state index contributed by atoms with van der Waals surface area (Å²) in [5.41, 5.74) is 0.647. The molecule has 0 spiro atoms. The number of thioether (sulfide) groups is 1. The van der Waals surface area contributed by atoms with Gasteiger partial charge in [0.25, 0.3) is 0 Å². The van der Waals surface area contributed by atoms with Crippen LogP contribution in [0.5, 0.6) is 11.5 Å². The second-order valence-corrected chi connectivity index (χ2v) is 5.49. The van der Waals surface area contributed by atoms with Gasteiger partial charge in [0.2, 0.25) is 11.1 Å². The van der Waals surface area contributed by atoms with Crippen LogP contribution in [-0.2, 0) is 4.79 Å². The molecule has 1 heterocycles. The second-order valence-electron chi connectivity index (χ2n) is 4.55. The third-order valence-corrected chi connectivity index (χ3v) is 3.88. The van der Waals surface area contributed by atoms with Crippen molar-refractivity contribution in [2.75, 3.05) is 26.5 Å². The van der Waals surface area contributed by atoms with Gasteiger partial charge in [-0.25, -0.2) is 0 Å². The van der Waals surface area contributed by atoms with Gasteiger partial charge in [0.05, 0.1) is 20.0 Å². The van der Waals surface area contributed by atoms with E-state index in [0.29, 0.717) is 28.9 Å². The summed E-state index contributed by atoms with van der Waals surface area (Å²) in [6.45, 7) is 2.66. The molecule has 0 saturated heterocycles. The summed E-state index contributed by atoms with van der Waals surface area (Å²) in [5.74, 6) is 1.46. The third kappa shape index (κ3) is 4.35. The highest BCUT2D eigenvalue weighted by Gasteiger charge is 2.15. The predicted molar refractivity (Wildman–Crippen MR) is 86.3 cm³/mol. The Bertz CT molecular complexity index is 662. The van der Waals surface area contributed by atoms with Crippen LogP contribution in [-0.4, -0.2) is 52.6 Å². The van der Waals surface area contributed by atoms with Crippen LogP contribution in [0.4, 0.5) is 0 Å². The summed E-state index contributed by atoms with van der Waals surface area (Å²) in [7, 11) is 3.15. The Balaban J connectivity index is 2.19. The van der Waals surface area contributed by atoms with Crippen LogP contribution >= 0.6 is 11.8 Å². The van der Waals surface area contributed by atoms with E-state index in [9.17, 15) is 4.79 Å². The molecule has 23 heavy (non-hydrogen) atoms. The maximum Gasteiger partial charge on any atom is 0.230 e. The van der Waals surface area contributed by atoms with E-state index in [1.54, 1.807) is 32.4 Å². The van der Waals surface area contributed by atoms with Crippen LogP contribution in [0.3, 0.4) is 0 Å². The number of nitrogens with zero attached hydrogens (tertiary/aromatic N) is 4. The molecule has 0 bridgehead atoms. The van der Waals surface area contributed by atoms with E-state index in [-0.39, 0.29) is 11.7 Å². The lowest BCUT2D eigenvalue weighted by atomic mass is 10.3. The fourth-order valence-corrected chi connectivity index (χ4v) is 2.54. The van der Waals surface area contributed by atoms with Crippen LogP contribution in [0.2, 0.25) is 0 Å². The fourth-order valence-electron chi connectivity index (χ4n) is 1.83. The van der Waals surface area contributed by atoms with Crippen LogP contribution in [0.25, 0.3) is 5.69 Å². The number of tetrazole rings is 1. The summed E-state index contributed by atoms with van der Waals surface area (Å²) in [4.78, 5) is 11.7. The van der Waals surface area contributed by atoms with Gasteiger partial charge < -0.3 is 14.8 Å². The van der Waals surface area contributed by atoms with Crippen LogP contribution in [0, 0.1) is 0 Å². The van der Waals surface area contributed by atoms with E-state index in [0.717, 1.165) is 6.42 Å². The number of rotatable bonds is 8.